The molecule has 116 valence electrons. The van der Waals surface area contributed by atoms with Crippen molar-refractivity contribution in [2.75, 3.05) is 13.7 Å². The fraction of sp³-hybridized carbons (Fsp3) is 0.333. The van der Waals surface area contributed by atoms with E-state index in [2.05, 4.69) is 17.4 Å². The summed E-state index contributed by atoms with van der Waals surface area (Å²) in [6.07, 6.45) is 0.969. The average Bonchev–Trinajstić information content (AvgIpc) is 3.00. The van der Waals surface area contributed by atoms with Gasteiger partial charge in [0, 0.05) is 24.6 Å². The molecule has 1 heterocycles. The molecule has 1 unspecified atom stereocenters. The third kappa shape index (κ3) is 3.07. The first kappa shape index (κ1) is 14.9. The fourth-order valence-electron chi connectivity index (χ4n) is 2.77. The van der Waals surface area contributed by atoms with E-state index in [1.165, 1.54) is 23.3 Å². The van der Waals surface area contributed by atoms with Crippen molar-refractivity contribution >= 4 is 0 Å². The standard InChI is InChI=1S/C18H20FNO2/c1-12(16-10-15(19)4-6-18(16)21-2)20-11-13-3-5-17-14(9-13)7-8-22-17/h3-6,9-10,12,20H,7-8,11H2,1-2H3. The molecule has 1 aliphatic rings. The second-order valence-electron chi connectivity index (χ2n) is 5.53. The summed E-state index contributed by atoms with van der Waals surface area (Å²) in [6, 6.07) is 10.8. The third-order valence-electron chi connectivity index (χ3n) is 4.02. The number of nitrogens with one attached hydrogen (secondary N) is 1. The fourth-order valence-corrected chi connectivity index (χ4v) is 2.77. The normalized spacial score (nSPS) is 14.3. The van der Waals surface area contributed by atoms with Crippen molar-refractivity contribution in [1.82, 2.24) is 5.32 Å². The summed E-state index contributed by atoms with van der Waals surface area (Å²) in [5.41, 5.74) is 3.29. The minimum absolute atomic E-state index is 0.00449. The van der Waals surface area contributed by atoms with Crippen molar-refractivity contribution < 1.29 is 13.9 Å². The van der Waals surface area contributed by atoms with E-state index < -0.39 is 0 Å². The van der Waals surface area contributed by atoms with Crippen LogP contribution in [0.2, 0.25) is 0 Å². The van der Waals surface area contributed by atoms with Crippen molar-refractivity contribution in [3.05, 3.63) is 58.9 Å². The number of methoxy groups -OCH3 is 1. The van der Waals surface area contributed by atoms with Gasteiger partial charge in [-0.2, -0.15) is 0 Å². The Bertz CT molecular complexity index is 672. The Labute approximate surface area is 130 Å². The Morgan fingerprint density at radius 3 is 2.95 bits per heavy atom. The van der Waals surface area contributed by atoms with E-state index in [9.17, 15) is 4.39 Å². The summed E-state index contributed by atoms with van der Waals surface area (Å²) in [6.45, 7) is 3.49. The van der Waals surface area contributed by atoms with Crippen LogP contribution in [-0.4, -0.2) is 13.7 Å². The monoisotopic (exact) mass is 301 g/mol. The van der Waals surface area contributed by atoms with Gasteiger partial charge in [0.05, 0.1) is 13.7 Å². The van der Waals surface area contributed by atoms with Gasteiger partial charge < -0.3 is 14.8 Å². The van der Waals surface area contributed by atoms with E-state index in [-0.39, 0.29) is 11.9 Å². The highest BCUT2D eigenvalue weighted by Gasteiger charge is 2.14. The molecule has 1 N–H and O–H groups in total. The van der Waals surface area contributed by atoms with Crippen LogP contribution in [0.5, 0.6) is 11.5 Å². The molecule has 2 aromatic rings. The van der Waals surface area contributed by atoms with Gasteiger partial charge >= 0.3 is 0 Å². The predicted octanol–water partition coefficient (Wildman–Crippen LogP) is 3.62. The number of hydrogen-bond donors (Lipinski definition) is 1. The van der Waals surface area contributed by atoms with E-state index in [1.807, 2.05) is 13.0 Å². The zero-order valence-electron chi connectivity index (χ0n) is 12.9. The topological polar surface area (TPSA) is 30.5 Å². The van der Waals surface area contributed by atoms with Crippen LogP contribution in [0.25, 0.3) is 0 Å². The minimum atomic E-state index is -0.251. The Morgan fingerprint density at radius 2 is 2.14 bits per heavy atom. The zero-order valence-corrected chi connectivity index (χ0v) is 12.9. The van der Waals surface area contributed by atoms with Crippen LogP contribution in [0, 0.1) is 5.82 Å². The lowest BCUT2D eigenvalue weighted by Crippen LogP contribution is -2.19. The molecule has 2 aromatic carbocycles. The van der Waals surface area contributed by atoms with Crippen LogP contribution in [0.15, 0.2) is 36.4 Å². The molecule has 0 saturated carbocycles. The molecule has 0 fully saturated rings. The first-order valence-corrected chi connectivity index (χ1v) is 7.49. The summed E-state index contributed by atoms with van der Waals surface area (Å²) >= 11 is 0. The first-order valence-electron chi connectivity index (χ1n) is 7.49. The summed E-state index contributed by atoms with van der Waals surface area (Å²) in [5.74, 6) is 1.44. The molecule has 1 aliphatic heterocycles. The summed E-state index contributed by atoms with van der Waals surface area (Å²) < 4.78 is 24.3. The average molecular weight is 301 g/mol. The Kier molecular flexibility index (Phi) is 4.29. The number of halogens is 1. The molecule has 4 heteroatoms. The van der Waals surface area contributed by atoms with E-state index >= 15 is 0 Å². The van der Waals surface area contributed by atoms with E-state index in [0.717, 1.165) is 24.3 Å². The highest BCUT2D eigenvalue weighted by molar-refractivity contribution is 5.40. The van der Waals surface area contributed by atoms with Crippen LogP contribution >= 0.6 is 0 Å². The van der Waals surface area contributed by atoms with Crippen molar-refractivity contribution in [2.24, 2.45) is 0 Å². The van der Waals surface area contributed by atoms with Crippen LogP contribution in [0.4, 0.5) is 4.39 Å². The highest BCUT2D eigenvalue weighted by atomic mass is 19.1. The van der Waals surface area contributed by atoms with Gasteiger partial charge in [-0.15, -0.1) is 0 Å². The first-order chi connectivity index (χ1) is 10.7. The maximum absolute atomic E-state index is 13.5. The maximum atomic E-state index is 13.5. The summed E-state index contributed by atoms with van der Waals surface area (Å²) in [4.78, 5) is 0. The molecule has 0 spiro atoms. The predicted molar refractivity (Wildman–Crippen MR) is 83.8 cm³/mol. The van der Waals surface area contributed by atoms with Crippen molar-refractivity contribution in [3.63, 3.8) is 0 Å². The van der Waals surface area contributed by atoms with Gasteiger partial charge in [0.2, 0.25) is 0 Å². The molecule has 0 radical (unpaired) electrons. The van der Waals surface area contributed by atoms with Gasteiger partial charge in [0.15, 0.2) is 0 Å². The Hall–Kier alpha value is -2.07. The maximum Gasteiger partial charge on any atom is 0.123 e. The Balaban J connectivity index is 1.70. The molecule has 0 aromatic heterocycles. The minimum Gasteiger partial charge on any atom is -0.496 e. The van der Waals surface area contributed by atoms with Gasteiger partial charge in [0.25, 0.3) is 0 Å². The van der Waals surface area contributed by atoms with E-state index in [1.54, 1.807) is 13.2 Å². The molecule has 0 saturated heterocycles. The Morgan fingerprint density at radius 1 is 1.27 bits per heavy atom. The van der Waals surface area contributed by atoms with E-state index in [4.69, 9.17) is 9.47 Å². The molecular formula is C18H20FNO2. The lowest BCUT2D eigenvalue weighted by molar-refractivity contribution is 0.357. The molecule has 0 aliphatic carbocycles. The van der Waals surface area contributed by atoms with Crippen LogP contribution < -0.4 is 14.8 Å². The van der Waals surface area contributed by atoms with Gasteiger partial charge in [-0.1, -0.05) is 12.1 Å². The van der Waals surface area contributed by atoms with Crippen molar-refractivity contribution in [3.8, 4) is 11.5 Å². The highest BCUT2D eigenvalue weighted by Crippen LogP contribution is 2.28. The summed E-state index contributed by atoms with van der Waals surface area (Å²) in [7, 11) is 1.60. The van der Waals surface area contributed by atoms with Crippen molar-refractivity contribution in [1.29, 1.82) is 0 Å². The lowest BCUT2D eigenvalue weighted by Gasteiger charge is -2.17. The number of benzene rings is 2. The molecule has 0 bridgehead atoms. The van der Waals surface area contributed by atoms with E-state index in [0.29, 0.717) is 12.3 Å². The van der Waals surface area contributed by atoms with Gasteiger partial charge in [-0.05, 0) is 42.3 Å². The molecule has 22 heavy (non-hydrogen) atoms. The van der Waals surface area contributed by atoms with Gasteiger partial charge in [-0.25, -0.2) is 4.39 Å². The number of rotatable bonds is 5. The smallest absolute Gasteiger partial charge is 0.123 e. The molecular weight excluding hydrogens is 281 g/mol. The van der Waals surface area contributed by atoms with Crippen LogP contribution in [0.1, 0.15) is 29.7 Å². The second kappa shape index (κ2) is 6.36. The number of hydrogen-bond acceptors (Lipinski definition) is 3. The van der Waals surface area contributed by atoms with Crippen molar-refractivity contribution in [2.45, 2.75) is 25.9 Å². The lowest BCUT2D eigenvalue weighted by atomic mass is 10.1. The third-order valence-corrected chi connectivity index (χ3v) is 4.02. The second-order valence-corrected chi connectivity index (χ2v) is 5.53. The zero-order chi connectivity index (χ0) is 15.5. The largest absolute Gasteiger partial charge is 0.496 e. The quantitative estimate of drug-likeness (QED) is 0.915. The number of ether oxygens (including phenoxy) is 2. The van der Waals surface area contributed by atoms with Gasteiger partial charge in [-0.3, -0.25) is 0 Å². The van der Waals surface area contributed by atoms with Crippen LogP contribution in [0.3, 0.4) is 0 Å². The van der Waals surface area contributed by atoms with Crippen LogP contribution in [-0.2, 0) is 13.0 Å². The number of fused-ring (bicyclic) bond motifs is 1. The van der Waals surface area contributed by atoms with Gasteiger partial charge in [0.1, 0.15) is 17.3 Å². The summed E-state index contributed by atoms with van der Waals surface area (Å²) in [5, 5.41) is 3.42. The SMILES string of the molecule is COc1ccc(F)cc1C(C)NCc1ccc2c(c1)CCO2. The molecule has 3 nitrogen and oxygen atoms in total. The molecule has 3 rings (SSSR count). The molecule has 0 amide bonds. The molecule has 1 atom stereocenters.